The molecule has 0 aliphatic heterocycles. The van der Waals surface area contributed by atoms with E-state index in [1.165, 1.54) is 0 Å². The van der Waals surface area contributed by atoms with Crippen LogP contribution in [-0.4, -0.2) is 14.5 Å². The molecule has 74 valence electrons. The molecule has 2 aromatic rings. The molecule has 2 heterocycles. The van der Waals surface area contributed by atoms with Crippen LogP contribution in [-0.2, 0) is 7.05 Å². The highest BCUT2D eigenvalue weighted by Gasteiger charge is 2.13. The zero-order valence-corrected chi connectivity index (χ0v) is 8.95. The highest BCUT2D eigenvalue weighted by atomic mass is 32.1. The molecule has 0 fully saturated rings. The molecule has 1 unspecified atom stereocenters. The SMILES string of the molecule is Cc1ncc(C(N)c2cn(C)cn2)s1. The fourth-order valence-electron chi connectivity index (χ4n) is 1.26. The first-order chi connectivity index (χ1) is 6.66. The van der Waals surface area contributed by atoms with E-state index in [9.17, 15) is 0 Å². The van der Waals surface area contributed by atoms with E-state index in [0.717, 1.165) is 15.6 Å². The van der Waals surface area contributed by atoms with Gasteiger partial charge in [-0.3, -0.25) is 0 Å². The quantitative estimate of drug-likeness (QED) is 0.807. The van der Waals surface area contributed by atoms with E-state index in [0.29, 0.717) is 0 Å². The molecule has 0 aromatic carbocycles. The molecule has 0 aliphatic rings. The van der Waals surface area contributed by atoms with Crippen LogP contribution in [0.3, 0.4) is 0 Å². The van der Waals surface area contributed by atoms with Crippen molar-refractivity contribution in [2.75, 3.05) is 0 Å². The molecule has 0 amide bonds. The molecular weight excluding hydrogens is 196 g/mol. The third-order valence-corrected chi connectivity index (χ3v) is 2.99. The molecule has 0 saturated carbocycles. The van der Waals surface area contributed by atoms with E-state index in [-0.39, 0.29) is 6.04 Å². The average molecular weight is 208 g/mol. The minimum atomic E-state index is -0.151. The molecule has 0 bridgehead atoms. The van der Waals surface area contributed by atoms with Crippen molar-refractivity contribution in [2.24, 2.45) is 12.8 Å². The van der Waals surface area contributed by atoms with Crippen molar-refractivity contribution >= 4 is 11.3 Å². The molecule has 2 N–H and O–H groups in total. The maximum absolute atomic E-state index is 6.04. The molecule has 2 aromatic heterocycles. The fraction of sp³-hybridized carbons (Fsp3) is 0.333. The predicted molar refractivity (Wildman–Crippen MR) is 56.1 cm³/mol. The Labute approximate surface area is 86.4 Å². The predicted octanol–water partition coefficient (Wildman–Crippen LogP) is 1.23. The summed E-state index contributed by atoms with van der Waals surface area (Å²) in [5.41, 5.74) is 6.92. The van der Waals surface area contributed by atoms with Crippen LogP contribution in [0.2, 0.25) is 0 Å². The van der Waals surface area contributed by atoms with Gasteiger partial charge in [0.1, 0.15) is 0 Å². The van der Waals surface area contributed by atoms with E-state index < -0.39 is 0 Å². The van der Waals surface area contributed by atoms with Gasteiger partial charge < -0.3 is 10.3 Å². The molecule has 4 nitrogen and oxygen atoms in total. The zero-order valence-electron chi connectivity index (χ0n) is 8.14. The molecular formula is C9H12N4S. The van der Waals surface area contributed by atoms with Gasteiger partial charge in [-0.2, -0.15) is 0 Å². The van der Waals surface area contributed by atoms with Crippen LogP contribution >= 0.6 is 11.3 Å². The maximum atomic E-state index is 6.04. The number of aryl methyl sites for hydroxylation is 2. The summed E-state index contributed by atoms with van der Waals surface area (Å²) >= 11 is 1.61. The van der Waals surface area contributed by atoms with Gasteiger partial charge in [0.05, 0.1) is 23.1 Å². The van der Waals surface area contributed by atoms with Crippen LogP contribution in [0, 0.1) is 6.92 Å². The lowest BCUT2D eigenvalue weighted by atomic mass is 10.2. The minimum absolute atomic E-state index is 0.151. The molecule has 5 heteroatoms. The molecule has 2 rings (SSSR count). The minimum Gasteiger partial charge on any atom is -0.340 e. The van der Waals surface area contributed by atoms with Crippen molar-refractivity contribution in [3.8, 4) is 0 Å². The first-order valence-electron chi connectivity index (χ1n) is 4.32. The standard InChI is InChI=1S/C9H12N4S/c1-6-11-3-8(14-6)9(10)7-4-13(2)5-12-7/h3-5,9H,10H2,1-2H3. The van der Waals surface area contributed by atoms with Crippen molar-refractivity contribution < 1.29 is 0 Å². The summed E-state index contributed by atoms with van der Waals surface area (Å²) in [7, 11) is 1.93. The monoisotopic (exact) mass is 208 g/mol. The Balaban J connectivity index is 2.28. The largest absolute Gasteiger partial charge is 0.340 e. The van der Waals surface area contributed by atoms with Crippen molar-refractivity contribution in [2.45, 2.75) is 13.0 Å². The summed E-state index contributed by atoms with van der Waals surface area (Å²) in [5, 5.41) is 1.03. The number of hydrogen-bond acceptors (Lipinski definition) is 4. The van der Waals surface area contributed by atoms with E-state index in [1.54, 1.807) is 17.7 Å². The lowest BCUT2D eigenvalue weighted by Crippen LogP contribution is -2.10. The van der Waals surface area contributed by atoms with E-state index in [2.05, 4.69) is 9.97 Å². The Morgan fingerprint density at radius 2 is 2.29 bits per heavy atom. The average Bonchev–Trinajstić information content (AvgIpc) is 2.73. The molecule has 14 heavy (non-hydrogen) atoms. The van der Waals surface area contributed by atoms with Gasteiger partial charge in [-0.1, -0.05) is 0 Å². The summed E-state index contributed by atoms with van der Waals surface area (Å²) in [6, 6.07) is -0.151. The number of thiazole rings is 1. The van der Waals surface area contributed by atoms with Crippen LogP contribution in [0.25, 0.3) is 0 Å². The van der Waals surface area contributed by atoms with Gasteiger partial charge in [-0.05, 0) is 6.92 Å². The van der Waals surface area contributed by atoms with Crippen molar-refractivity contribution in [3.05, 3.63) is 34.3 Å². The van der Waals surface area contributed by atoms with Gasteiger partial charge in [0, 0.05) is 24.3 Å². The van der Waals surface area contributed by atoms with Crippen LogP contribution < -0.4 is 5.73 Å². The Kier molecular flexibility index (Phi) is 2.35. The summed E-state index contributed by atoms with van der Waals surface area (Å²) in [6.07, 6.45) is 5.50. The van der Waals surface area contributed by atoms with Crippen molar-refractivity contribution in [1.29, 1.82) is 0 Å². The second-order valence-corrected chi connectivity index (χ2v) is 4.49. The topological polar surface area (TPSA) is 56.7 Å². The van der Waals surface area contributed by atoms with E-state index in [4.69, 9.17) is 5.73 Å². The lowest BCUT2D eigenvalue weighted by molar-refractivity contribution is 0.849. The summed E-state index contributed by atoms with van der Waals surface area (Å²) in [4.78, 5) is 9.45. The lowest BCUT2D eigenvalue weighted by Gasteiger charge is -2.03. The summed E-state index contributed by atoms with van der Waals surface area (Å²) in [5.74, 6) is 0. The van der Waals surface area contributed by atoms with Crippen LogP contribution in [0.15, 0.2) is 18.7 Å². The fourth-order valence-corrected chi connectivity index (χ4v) is 2.06. The van der Waals surface area contributed by atoms with Gasteiger partial charge in [0.15, 0.2) is 0 Å². The number of nitrogens with zero attached hydrogens (tertiary/aromatic N) is 3. The molecule has 1 atom stereocenters. The second-order valence-electron chi connectivity index (χ2n) is 3.22. The van der Waals surface area contributed by atoms with Crippen LogP contribution in [0.5, 0.6) is 0 Å². The summed E-state index contributed by atoms with van der Waals surface area (Å²) < 4.78 is 1.89. The first kappa shape index (κ1) is 9.36. The van der Waals surface area contributed by atoms with Gasteiger partial charge in [-0.25, -0.2) is 9.97 Å². The van der Waals surface area contributed by atoms with Gasteiger partial charge in [0.25, 0.3) is 0 Å². The first-order valence-corrected chi connectivity index (χ1v) is 5.14. The number of hydrogen-bond donors (Lipinski definition) is 1. The molecule has 0 saturated heterocycles. The van der Waals surface area contributed by atoms with Crippen molar-refractivity contribution in [1.82, 2.24) is 14.5 Å². The number of aromatic nitrogens is 3. The summed E-state index contributed by atoms with van der Waals surface area (Å²) in [6.45, 7) is 1.97. The maximum Gasteiger partial charge on any atom is 0.0947 e. The Hall–Kier alpha value is -1.20. The third kappa shape index (κ3) is 1.69. The normalized spacial score (nSPS) is 13.1. The number of nitrogens with two attached hydrogens (primary N) is 1. The molecule has 0 radical (unpaired) electrons. The van der Waals surface area contributed by atoms with E-state index >= 15 is 0 Å². The Bertz CT molecular complexity index is 391. The van der Waals surface area contributed by atoms with Gasteiger partial charge >= 0.3 is 0 Å². The van der Waals surface area contributed by atoms with Gasteiger partial charge in [0.2, 0.25) is 0 Å². The zero-order chi connectivity index (χ0) is 10.1. The second kappa shape index (κ2) is 3.51. The number of rotatable bonds is 2. The van der Waals surface area contributed by atoms with Crippen LogP contribution in [0.1, 0.15) is 21.6 Å². The number of imidazole rings is 1. The molecule has 0 aliphatic carbocycles. The van der Waals surface area contributed by atoms with Crippen molar-refractivity contribution in [3.63, 3.8) is 0 Å². The Morgan fingerprint density at radius 3 is 2.79 bits per heavy atom. The van der Waals surface area contributed by atoms with Crippen LogP contribution in [0.4, 0.5) is 0 Å². The molecule has 0 spiro atoms. The Morgan fingerprint density at radius 1 is 1.50 bits per heavy atom. The van der Waals surface area contributed by atoms with Gasteiger partial charge in [-0.15, -0.1) is 11.3 Å². The highest BCUT2D eigenvalue weighted by molar-refractivity contribution is 7.11. The smallest absolute Gasteiger partial charge is 0.0947 e. The highest BCUT2D eigenvalue weighted by Crippen LogP contribution is 2.22. The van der Waals surface area contributed by atoms with E-state index in [1.807, 2.05) is 30.9 Å². The third-order valence-electron chi connectivity index (χ3n) is 1.99.